The summed E-state index contributed by atoms with van der Waals surface area (Å²) in [6.45, 7) is 4.09. The number of aromatic nitrogens is 2. The molecule has 1 aromatic rings. The van der Waals surface area contributed by atoms with Gasteiger partial charge in [0.25, 0.3) is 0 Å². The molecule has 1 amide bonds. The Kier molecular flexibility index (Phi) is 3.34. The van der Waals surface area contributed by atoms with Gasteiger partial charge in [-0.15, -0.1) is 0 Å². The Labute approximate surface area is 82.9 Å². The lowest BCUT2D eigenvalue weighted by molar-refractivity contribution is -0.113. The fourth-order valence-electron chi connectivity index (χ4n) is 0.963. The summed E-state index contributed by atoms with van der Waals surface area (Å²) in [7, 11) is 0. The highest BCUT2D eigenvalue weighted by Gasteiger charge is 2.00. The molecule has 14 heavy (non-hydrogen) atoms. The first-order valence-electron chi connectivity index (χ1n) is 4.39. The molecule has 2 N–H and O–H groups in total. The van der Waals surface area contributed by atoms with Crippen molar-refractivity contribution < 1.29 is 4.79 Å². The van der Waals surface area contributed by atoms with E-state index in [0.717, 1.165) is 5.69 Å². The van der Waals surface area contributed by atoms with Gasteiger partial charge in [-0.3, -0.25) is 4.79 Å². The largest absolute Gasteiger partial charge is 0.366 e. The van der Waals surface area contributed by atoms with Gasteiger partial charge in [-0.05, 0) is 18.1 Å². The van der Waals surface area contributed by atoms with Crippen LogP contribution in [0.1, 0.15) is 31.2 Å². The van der Waals surface area contributed by atoms with E-state index >= 15 is 0 Å². The lowest BCUT2D eigenvalue weighted by Crippen LogP contribution is -2.05. The quantitative estimate of drug-likeness (QED) is 0.727. The predicted octanol–water partition coefficient (Wildman–Crippen LogP) is 1.10. The zero-order valence-corrected chi connectivity index (χ0v) is 8.27. The van der Waals surface area contributed by atoms with Crippen LogP contribution in [-0.2, 0) is 4.79 Å². The Morgan fingerprint density at radius 2 is 2.21 bits per heavy atom. The van der Waals surface area contributed by atoms with Crippen molar-refractivity contribution in [3.8, 4) is 0 Å². The van der Waals surface area contributed by atoms with Gasteiger partial charge >= 0.3 is 0 Å². The zero-order chi connectivity index (χ0) is 10.6. The minimum Gasteiger partial charge on any atom is -0.366 e. The van der Waals surface area contributed by atoms with Crippen LogP contribution >= 0.6 is 0 Å². The number of hydrogen-bond acceptors (Lipinski definition) is 3. The van der Waals surface area contributed by atoms with E-state index in [1.165, 1.54) is 12.4 Å². The van der Waals surface area contributed by atoms with Crippen molar-refractivity contribution in [3.63, 3.8) is 0 Å². The summed E-state index contributed by atoms with van der Waals surface area (Å²) in [6.07, 6.45) is 4.35. The van der Waals surface area contributed by atoms with E-state index in [1.807, 2.05) is 19.9 Å². The topological polar surface area (TPSA) is 68.9 Å². The molecule has 1 aromatic heterocycles. The van der Waals surface area contributed by atoms with E-state index < -0.39 is 5.91 Å². The van der Waals surface area contributed by atoms with Crippen LogP contribution in [-0.4, -0.2) is 15.9 Å². The molecule has 0 bridgehead atoms. The molecule has 1 rings (SSSR count). The molecule has 74 valence electrons. The minimum absolute atomic E-state index is 0.346. The van der Waals surface area contributed by atoms with Crippen molar-refractivity contribution in [1.29, 1.82) is 0 Å². The van der Waals surface area contributed by atoms with Crippen molar-refractivity contribution in [2.24, 2.45) is 5.73 Å². The maximum absolute atomic E-state index is 10.5. The molecule has 0 aromatic carbocycles. The van der Waals surface area contributed by atoms with Crippen LogP contribution in [0.25, 0.3) is 6.08 Å². The molecule has 0 aliphatic heterocycles. The number of carbonyl (C=O) groups excluding carboxylic acids is 1. The van der Waals surface area contributed by atoms with Crippen LogP contribution in [0.3, 0.4) is 0 Å². The Balaban J connectivity index is 2.89. The predicted molar refractivity (Wildman–Crippen MR) is 54.3 cm³/mol. The van der Waals surface area contributed by atoms with Crippen molar-refractivity contribution in [1.82, 2.24) is 9.97 Å². The van der Waals surface area contributed by atoms with Gasteiger partial charge in [0.15, 0.2) is 0 Å². The van der Waals surface area contributed by atoms with E-state index in [9.17, 15) is 4.79 Å². The lowest BCUT2D eigenvalue weighted by atomic mass is 10.1. The standard InChI is InChI=1S/C10H13N3O/c1-7(2)9-5-8(12-6-13-9)3-4-10(11)14/h3-7H,1-2H3,(H2,11,14)/b4-3+. The molecule has 0 spiro atoms. The van der Waals surface area contributed by atoms with E-state index in [4.69, 9.17) is 5.73 Å². The van der Waals surface area contributed by atoms with Crippen LogP contribution in [0.4, 0.5) is 0 Å². The third-order valence-corrected chi connectivity index (χ3v) is 1.72. The summed E-state index contributed by atoms with van der Waals surface area (Å²) >= 11 is 0. The molecular weight excluding hydrogens is 178 g/mol. The smallest absolute Gasteiger partial charge is 0.241 e. The first kappa shape index (κ1) is 10.4. The van der Waals surface area contributed by atoms with Gasteiger partial charge in [-0.25, -0.2) is 9.97 Å². The van der Waals surface area contributed by atoms with Crippen LogP contribution in [0.15, 0.2) is 18.5 Å². The average Bonchev–Trinajstić information content (AvgIpc) is 2.15. The second kappa shape index (κ2) is 4.50. The number of nitrogens with two attached hydrogens (primary N) is 1. The van der Waals surface area contributed by atoms with Gasteiger partial charge in [-0.1, -0.05) is 13.8 Å². The number of carbonyl (C=O) groups is 1. The lowest BCUT2D eigenvalue weighted by Gasteiger charge is -2.03. The first-order chi connectivity index (χ1) is 6.59. The summed E-state index contributed by atoms with van der Waals surface area (Å²) in [5.74, 6) is -0.131. The van der Waals surface area contributed by atoms with Crippen LogP contribution in [0.2, 0.25) is 0 Å². The van der Waals surface area contributed by atoms with Gasteiger partial charge in [-0.2, -0.15) is 0 Å². The van der Waals surface area contributed by atoms with Gasteiger partial charge in [0.1, 0.15) is 6.33 Å². The number of nitrogens with zero attached hydrogens (tertiary/aromatic N) is 2. The summed E-state index contributed by atoms with van der Waals surface area (Å²) in [6, 6.07) is 1.84. The maximum Gasteiger partial charge on any atom is 0.241 e. The van der Waals surface area contributed by atoms with Gasteiger partial charge in [0, 0.05) is 11.8 Å². The normalized spacial score (nSPS) is 11.1. The Hall–Kier alpha value is -1.71. The van der Waals surface area contributed by atoms with Crippen LogP contribution in [0, 0.1) is 0 Å². The van der Waals surface area contributed by atoms with Crippen molar-refractivity contribution in [2.45, 2.75) is 19.8 Å². The van der Waals surface area contributed by atoms with Crippen LogP contribution in [0.5, 0.6) is 0 Å². The molecule has 0 unspecified atom stereocenters. The molecule has 0 aliphatic carbocycles. The number of rotatable bonds is 3. The number of primary amides is 1. The third-order valence-electron chi connectivity index (χ3n) is 1.72. The zero-order valence-electron chi connectivity index (χ0n) is 8.27. The van der Waals surface area contributed by atoms with E-state index in [-0.39, 0.29) is 0 Å². The van der Waals surface area contributed by atoms with Crippen molar-refractivity contribution >= 4 is 12.0 Å². The number of amides is 1. The summed E-state index contributed by atoms with van der Waals surface area (Å²) in [5.41, 5.74) is 6.61. The van der Waals surface area contributed by atoms with Crippen molar-refractivity contribution in [3.05, 3.63) is 29.9 Å². The summed E-state index contributed by atoms with van der Waals surface area (Å²) in [5, 5.41) is 0. The van der Waals surface area contributed by atoms with Crippen molar-refractivity contribution in [2.75, 3.05) is 0 Å². The third kappa shape index (κ3) is 2.97. The summed E-state index contributed by atoms with van der Waals surface area (Å²) in [4.78, 5) is 18.6. The first-order valence-corrected chi connectivity index (χ1v) is 4.39. The second-order valence-electron chi connectivity index (χ2n) is 3.26. The molecule has 0 atom stereocenters. The Morgan fingerprint density at radius 3 is 2.79 bits per heavy atom. The molecule has 0 saturated carbocycles. The molecule has 1 heterocycles. The monoisotopic (exact) mass is 191 g/mol. The SMILES string of the molecule is CC(C)c1cc(/C=C/C(N)=O)ncn1. The van der Waals surface area contributed by atoms with E-state index in [2.05, 4.69) is 9.97 Å². The average molecular weight is 191 g/mol. The molecule has 4 nitrogen and oxygen atoms in total. The van der Waals surface area contributed by atoms with E-state index in [0.29, 0.717) is 11.6 Å². The fraction of sp³-hybridized carbons (Fsp3) is 0.300. The maximum atomic E-state index is 10.5. The highest BCUT2D eigenvalue weighted by Crippen LogP contribution is 2.11. The molecule has 0 radical (unpaired) electrons. The van der Waals surface area contributed by atoms with Gasteiger partial charge in [0.2, 0.25) is 5.91 Å². The fourth-order valence-corrected chi connectivity index (χ4v) is 0.963. The highest BCUT2D eigenvalue weighted by molar-refractivity contribution is 5.89. The second-order valence-corrected chi connectivity index (χ2v) is 3.26. The molecule has 4 heteroatoms. The highest BCUT2D eigenvalue weighted by atomic mass is 16.1. The number of hydrogen-bond donors (Lipinski definition) is 1. The molecule has 0 aliphatic rings. The molecule has 0 fully saturated rings. The Morgan fingerprint density at radius 1 is 1.50 bits per heavy atom. The van der Waals surface area contributed by atoms with E-state index in [1.54, 1.807) is 6.08 Å². The molecular formula is C10H13N3O. The minimum atomic E-state index is -0.477. The molecule has 0 saturated heterocycles. The Bertz CT molecular complexity index is 358. The van der Waals surface area contributed by atoms with Gasteiger partial charge < -0.3 is 5.73 Å². The summed E-state index contributed by atoms with van der Waals surface area (Å²) < 4.78 is 0. The van der Waals surface area contributed by atoms with Crippen LogP contribution < -0.4 is 5.73 Å². The van der Waals surface area contributed by atoms with Gasteiger partial charge in [0.05, 0.1) is 5.69 Å².